The first-order valence-electron chi connectivity index (χ1n) is 13.4. The first-order chi connectivity index (χ1) is 18.9. The Balaban J connectivity index is 1.70. The highest BCUT2D eigenvalue weighted by Gasteiger charge is 2.37. The van der Waals surface area contributed by atoms with Crippen LogP contribution in [0.1, 0.15) is 61.7 Å². The normalized spacial score (nSPS) is 15.3. The smallest absolute Gasteiger partial charge is 0.410 e. The summed E-state index contributed by atoms with van der Waals surface area (Å²) in [5.74, 6) is 0.222. The van der Waals surface area contributed by atoms with Crippen LogP contribution >= 0.6 is 0 Å². The number of benzene rings is 2. The van der Waals surface area contributed by atoms with Crippen LogP contribution in [-0.4, -0.2) is 42.1 Å². The number of fused-ring (bicyclic) bond motifs is 1. The van der Waals surface area contributed by atoms with Crippen LogP contribution in [0, 0.1) is 19.7 Å². The number of aromatic nitrogens is 4. The Morgan fingerprint density at radius 3 is 2.30 bits per heavy atom. The highest BCUT2D eigenvalue weighted by molar-refractivity contribution is 5.70. The highest BCUT2D eigenvalue weighted by atomic mass is 19.1. The molecule has 2 aromatic carbocycles. The zero-order valence-electron chi connectivity index (χ0n) is 23.7. The van der Waals surface area contributed by atoms with Gasteiger partial charge in [0.15, 0.2) is 0 Å². The molecular weight excluding hydrogens is 511 g/mol. The van der Waals surface area contributed by atoms with Crippen molar-refractivity contribution in [1.29, 1.82) is 0 Å². The average molecular weight is 547 g/mol. The predicted octanol–water partition coefficient (Wildman–Crippen LogP) is 4.88. The first kappa shape index (κ1) is 27.4. The third kappa shape index (κ3) is 4.83. The maximum Gasteiger partial charge on any atom is 0.410 e. The fraction of sp³-hybridized carbons (Fsp3) is 0.367. The molecule has 0 spiro atoms. The van der Waals surface area contributed by atoms with Gasteiger partial charge in [0.25, 0.3) is 0 Å². The summed E-state index contributed by atoms with van der Waals surface area (Å²) < 4.78 is 25.0. The second kappa shape index (κ2) is 10.1. The topological polar surface area (TPSA) is 100 Å². The molecule has 40 heavy (non-hydrogen) atoms. The summed E-state index contributed by atoms with van der Waals surface area (Å²) in [5.41, 5.74) is 9.53. The number of aryl methyl sites for hydroxylation is 2. The molecule has 0 unspecified atom stereocenters. The fourth-order valence-corrected chi connectivity index (χ4v) is 5.21. The van der Waals surface area contributed by atoms with Crippen molar-refractivity contribution in [1.82, 2.24) is 23.8 Å². The highest BCUT2D eigenvalue weighted by Crippen LogP contribution is 2.36. The van der Waals surface area contributed by atoms with Gasteiger partial charge >= 0.3 is 11.8 Å². The van der Waals surface area contributed by atoms with Gasteiger partial charge in [-0.3, -0.25) is 9.13 Å². The van der Waals surface area contributed by atoms with Gasteiger partial charge in [0.1, 0.15) is 17.2 Å². The van der Waals surface area contributed by atoms with Crippen molar-refractivity contribution in [2.75, 3.05) is 6.54 Å². The maximum atomic E-state index is 14.6. The minimum atomic E-state index is -0.652. The zero-order chi connectivity index (χ0) is 28.9. The van der Waals surface area contributed by atoms with E-state index < -0.39 is 17.7 Å². The number of hydrogen-bond donors (Lipinski definition) is 1. The lowest BCUT2D eigenvalue weighted by molar-refractivity contribution is 0.0159. The number of imidazole rings is 1. The van der Waals surface area contributed by atoms with Crippen LogP contribution in [0.4, 0.5) is 9.18 Å². The molecular formula is C30H35FN6O3. The number of carbonyl (C=O) groups is 1. The average Bonchev–Trinajstić information content (AvgIpc) is 3.46. The molecule has 1 amide bonds. The van der Waals surface area contributed by atoms with E-state index in [9.17, 15) is 14.0 Å². The van der Waals surface area contributed by atoms with Crippen molar-refractivity contribution in [2.24, 2.45) is 5.73 Å². The Labute approximate surface area is 232 Å². The van der Waals surface area contributed by atoms with Crippen LogP contribution in [0.25, 0.3) is 17.2 Å². The Kier molecular flexibility index (Phi) is 6.91. The lowest BCUT2D eigenvalue weighted by Gasteiger charge is -2.34. The van der Waals surface area contributed by atoms with E-state index in [1.165, 1.54) is 4.57 Å². The van der Waals surface area contributed by atoms with Crippen LogP contribution < -0.4 is 11.4 Å². The number of amides is 1. The fourth-order valence-electron chi connectivity index (χ4n) is 5.21. The van der Waals surface area contributed by atoms with Gasteiger partial charge in [-0.2, -0.15) is 5.10 Å². The van der Waals surface area contributed by atoms with Crippen molar-refractivity contribution in [3.63, 3.8) is 0 Å². The molecule has 2 N–H and O–H groups in total. The van der Waals surface area contributed by atoms with Crippen molar-refractivity contribution in [3.05, 3.63) is 93.0 Å². The molecule has 1 atom stereocenters. The van der Waals surface area contributed by atoms with E-state index in [1.807, 2.05) is 52.0 Å². The summed E-state index contributed by atoms with van der Waals surface area (Å²) in [6.07, 6.45) is 3.44. The van der Waals surface area contributed by atoms with E-state index in [4.69, 9.17) is 15.6 Å². The van der Waals surface area contributed by atoms with E-state index in [2.05, 4.69) is 0 Å². The van der Waals surface area contributed by atoms with Gasteiger partial charge in [0.05, 0.1) is 23.1 Å². The number of halogens is 1. The van der Waals surface area contributed by atoms with Crippen molar-refractivity contribution < 1.29 is 13.9 Å². The van der Waals surface area contributed by atoms with Gasteiger partial charge in [-0.1, -0.05) is 12.1 Å². The number of carbonyl (C=O) groups excluding carboxylic acids is 1. The molecule has 5 rings (SSSR count). The number of ether oxygens (including phenoxy) is 1. The van der Waals surface area contributed by atoms with Crippen LogP contribution in [0.5, 0.6) is 0 Å². The summed E-state index contributed by atoms with van der Waals surface area (Å²) >= 11 is 0. The molecule has 0 aliphatic carbocycles. The lowest BCUT2D eigenvalue weighted by Crippen LogP contribution is -2.42. The van der Waals surface area contributed by atoms with Gasteiger partial charge in [-0.25, -0.2) is 18.7 Å². The number of nitrogens with zero attached hydrogens (tertiary/aromatic N) is 5. The van der Waals surface area contributed by atoms with E-state index in [1.54, 1.807) is 52.5 Å². The van der Waals surface area contributed by atoms with Crippen molar-refractivity contribution >= 4 is 6.09 Å². The minimum absolute atomic E-state index is 0.282. The van der Waals surface area contributed by atoms with Crippen molar-refractivity contribution in [3.8, 4) is 17.2 Å². The van der Waals surface area contributed by atoms with E-state index in [-0.39, 0.29) is 11.5 Å². The quantitative estimate of drug-likeness (QED) is 0.393. The third-order valence-electron chi connectivity index (χ3n) is 7.20. The summed E-state index contributed by atoms with van der Waals surface area (Å²) in [7, 11) is 0. The molecule has 0 saturated carbocycles. The molecule has 0 saturated heterocycles. The number of rotatable bonds is 4. The van der Waals surface area contributed by atoms with Gasteiger partial charge in [0, 0.05) is 37.5 Å². The number of hydrogen-bond acceptors (Lipinski definition) is 5. The summed E-state index contributed by atoms with van der Waals surface area (Å²) in [6.45, 7) is 11.6. The van der Waals surface area contributed by atoms with Crippen LogP contribution in [0.15, 0.2) is 53.6 Å². The molecule has 4 aromatic rings. The molecule has 10 heteroatoms. The third-order valence-corrected chi connectivity index (χ3v) is 7.20. The van der Waals surface area contributed by atoms with E-state index >= 15 is 0 Å². The molecule has 1 aliphatic rings. The van der Waals surface area contributed by atoms with E-state index in [0.717, 1.165) is 16.8 Å². The molecule has 2 aromatic heterocycles. The molecule has 0 bridgehead atoms. The standard InChI is InChI=1S/C30H35FN6O3/c1-18-15-23(16-19(2)26(18)31)37-27(36-14-13-35(28(36)38)22-9-7-21(17-32)8-10-22)25-20(3)34(12-11-24(25)33-37)29(39)40-30(4,5)6/h7-10,13-16,20H,11-12,17,32H2,1-6H3/t20-/m0/s1. The van der Waals surface area contributed by atoms with Gasteiger partial charge in [-0.15, -0.1) is 0 Å². The Morgan fingerprint density at radius 1 is 1.07 bits per heavy atom. The number of nitrogens with two attached hydrogens (primary N) is 1. The molecule has 0 radical (unpaired) electrons. The van der Waals surface area contributed by atoms with Crippen LogP contribution in [0.3, 0.4) is 0 Å². The molecule has 210 valence electrons. The van der Waals surface area contributed by atoms with Gasteiger partial charge < -0.3 is 15.4 Å². The van der Waals surface area contributed by atoms with Gasteiger partial charge in [0.2, 0.25) is 0 Å². The summed E-state index contributed by atoms with van der Waals surface area (Å²) in [5, 5.41) is 4.91. The first-order valence-corrected chi connectivity index (χ1v) is 13.4. The largest absolute Gasteiger partial charge is 0.444 e. The summed E-state index contributed by atoms with van der Waals surface area (Å²) in [4.78, 5) is 28.7. The zero-order valence-corrected chi connectivity index (χ0v) is 23.7. The summed E-state index contributed by atoms with van der Waals surface area (Å²) in [6, 6.07) is 10.5. The molecule has 9 nitrogen and oxygen atoms in total. The minimum Gasteiger partial charge on any atom is -0.444 e. The van der Waals surface area contributed by atoms with Crippen molar-refractivity contribution in [2.45, 2.75) is 66.2 Å². The van der Waals surface area contributed by atoms with Crippen LogP contribution in [-0.2, 0) is 17.7 Å². The lowest BCUT2D eigenvalue weighted by atomic mass is 10.00. The second-order valence-corrected chi connectivity index (χ2v) is 11.3. The molecule has 1 aliphatic heterocycles. The molecule has 0 fully saturated rings. The van der Waals surface area contributed by atoms with Crippen LogP contribution in [0.2, 0.25) is 0 Å². The monoisotopic (exact) mass is 546 g/mol. The Bertz CT molecular complexity index is 1620. The predicted molar refractivity (Wildman–Crippen MR) is 151 cm³/mol. The Morgan fingerprint density at radius 2 is 1.70 bits per heavy atom. The van der Waals surface area contributed by atoms with Gasteiger partial charge in [-0.05, 0) is 82.5 Å². The second-order valence-electron chi connectivity index (χ2n) is 11.3. The van der Waals surface area contributed by atoms with E-state index in [0.29, 0.717) is 47.8 Å². The molecule has 3 heterocycles. The Hall–Kier alpha value is -4.18. The SMILES string of the molecule is Cc1cc(-n2nc3c(c2-n2ccn(-c4ccc(CN)cc4)c2=O)[C@H](C)N(C(=O)OC(C)(C)C)CC3)cc(C)c1F. The maximum absolute atomic E-state index is 14.6.